The highest BCUT2D eigenvalue weighted by molar-refractivity contribution is 5.51. The number of aromatic nitrogens is 4. The Morgan fingerprint density at radius 2 is 1.76 bits per heavy atom. The summed E-state index contributed by atoms with van der Waals surface area (Å²) in [6, 6.07) is 9.50. The minimum absolute atomic E-state index is 0.560. The van der Waals surface area contributed by atoms with E-state index in [1.165, 1.54) is 25.7 Å². The summed E-state index contributed by atoms with van der Waals surface area (Å²) in [7, 11) is 4.07. The van der Waals surface area contributed by atoms with Crippen molar-refractivity contribution in [2.45, 2.75) is 44.3 Å². The number of nitrogens with zero attached hydrogens (tertiary/aromatic N) is 7. The van der Waals surface area contributed by atoms with Gasteiger partial charge in [-0.2, -0.15) is 0 Å². The first-order valence-electron chi connectivity index (χ1n) is 10.6. The zero-order valence-corrected chi connectivity index (χ0v) is 17.3. The first-order chi connectivity index (χ1) is 14.2. The van der Waals surface area contributed by atoms with Gasteiger partial charge in [0.15, 0.2) is 0 Å². The minimum atomic E-state index is 0.560. The molecule has 2 aliphatic rings. The summed E-state index contributed by atoms with van der Waals surface area (Å²) in [5.74, 6) is 2.06. The molecule has 0 bridgehead atoms. The monoisotopic (exact) mass is 391 g/mol. The van der Waals surface area contributed by atoms with Crippen LogP contribution < -0.4 is 9.80 Å². The fourth-order valence-electron chi connectivity index (χ4n) is 4.40. The van der Waals surface area contributed by atoms with E-state index in [0.29, 0.717) is 12.1 Å². The van der Waals surface area contributed by atoms with Crippen molar-refractivity contribution in [1.29, 1.82) is 0 Å². The molecule has 3 aromatic heterocycles. The summed E-state index contributed by atoms with van der Waals surface area (Å²) >= 11 is 0. The van der Waals surface area contributed by atoms with E-state index in [2.05, 4.69) is 48.7 Å². The highest BCUT2D eigenvalue weighted by Crippen LogP contribution is 2.36. The Bertz CT molecular complexity index is 937. The highest BCUT2D eigenvalue weighted by atomic mass is 15.3. The van der Waals surface area contributed by atoms with Gasteiger partial charge in [0.1, 0.15) is 23.6 Å². The van der Waals surface area contributed by atoms with Crippen LogP contribution in [0.25, 0.3) is 5.65 Å². The molecule has 0 unspecified atom stereocenters. The number of imidazole rings is 1. The third kappa shape index (κ3) is 3.92. The molecule has 0 N–H and O–H groups in total. The van der Waals surface area contributed by atoms with Crippen LogP contribution >= 0.6 is 0 Å². The van der Waals surface area contributed by atoms with Gasteiger partial charge in [0.25, 0.3) is 0 Å². The number of anilines is 2. The zero-order chi connectivity index (χ0) is 19.8. The van der Waals surface area contributed by atoms with Crippen LogP contribution in [0.2, 0.25) is 0 Å². The van der Waals surface area contributed by atoms with E-state index in [9.17, 15) is 0 Å². The summed E-state index contributed by atoms with van der Waals surface area (Å²) in [6.45, 7) is 3.14. The second kappa shape index (κ2) is 7.63. The van der Waals surface area contributed by atoms with Gasteiger partial charge in [-0.25, -0.2) is 15.0 Å². The number of hydrogen-bond acceptors (Lipinski definition) is 6. The lowest BCUT2D eigenvalue weighted by Crippen LogP contribution is -2.46. The molecule has 29 heavy (non-hydrogen) atoms. The molecule has 1 saturated carbocycles. The molecule has 0 radical (unpaired) electrons. The largest absolute Gasteiger partial charge is 0.363 e. The van der Waals surface area contributed by atoms with Gasteiger partial charge in [-0.1, -0.05) is 6.07 Å². The van der Waals surface area contributed by atoms with Gasteiger partial charge in [-0.05, 0) is 37.8 Å². The molecule has 3 aromatic rings. The van der Waals surface area contributed by atoms with Crippen LogP contribution in [0, 0.1) is 0 Å². The van der Waals surface area contributed by atoms with Gasteiger partial charge >= 0.3 is 0 Å². The molecule has 0 amide bonds. The molecule has 0 spiro atoms. The van der Waals surface area contributed by atoms with Crippen molar-refractivity contribution in [2.75, 3.05) is 37.0 Å². The highest BCUT2D eigenvalue weighted by Gasteiger charge is 2.36. The van der Waals surface area contributed by atoms with Gasteiger partial charge in [0.2, 0.25) is 0 Å². The molecule has 1 saturated heterocycles. The van der Waals surface area contributed by atoms with Crippen molar-refractivity contribution < 1.29 is 0 Å². The van der Waals surface area contributed by atoms with Crippen molar-refractivity contribution in [1.82, 2.24) is 24.3 Å². The van der Waals surface area contributed by atoms with E-state index in [1.807, 2.05) is 31.1 Å². The minimum Gasteiger partial charge on any atom is -0.363 e. The van der Waals surface area contributed by atoms with Gasteiger partial charge in [-0.15, -0.1) is 0 Å². The van der Waals surface area contributed by atoms with E-state index < -0.39 is 0 Å². The molecule has 7 heteroatoms. The average molecular weight is 392 g/mol. The number of hydrogen-bond donors (Lipinski definition) is 0. The summed E-state index contributed by atoms with van der Waals surface area (Å²) in [5.41, 5.74) is 2.18. The number of likely N-dealkylation sites (tertiary alicyclic amines) is 1. The summed E-state index contributed by atoms with van der Waals surface area (Å²) < 4.78 is 2.11. The van der Waals surface area contributed by atoms with E-state index in [1.54, 1.807) is 6.33 Å². The third-order valence-electron chi connectivity index (χ3n) is 6.05. The fourth-order valence-corrected chi connectivity index (χ4v) is 4.40. The Kier molecular flexibility index (Phi) is 4.83. The zero-order valence-electron chi connectivity index (χ0n) is 17.3. The fraction of sp³-hybridized carbons (Fsp3) is 0.500. The van der Waals surface area contributed by atoms with Crippen molar-refractivity contribution in [3.05, 3.63) is 48.7 Å². The Balaban J connectivity index is 1.25. The normalized spacial score (nSPS) is 18.3. The Morgan fingerprint density at radius 1 is 1.00 bits per heavy atom. The molecule has 0 aromatic carbocycles. The van der Waals surface area contributed by atoms with E-state index in [-0.39, 0.29) is 0 Å². The number of rotatable bonds is 6. The lowest BCUT2D eigenvalue weighted by atomic mass is 10.0. The maximum absolute atomic E-state index is 4.76. The maximum Gasteiger partial charge on any atom is 0.137 e. The molecule has 4 heterocycles. The van der Waals surface area contributed by atoms with Crippen LogP contribution in [0.1, 0.15) is 31.4 Å². The Hall–Kier alpha value is -2.67. The second-order valence-electron chi connectivity index (χ2n) is 8.47. The van der Waals surface area contributed by atoms with E-state index >= 15 is 0 Å². The predicted molar refractivity (Wildman–Crippen MR) is 115 cm³/mol. The molecule has 0 atom stereocenters. The molecule has 1 aliphatic carbocycles. The topological polar surface area (TPSA) is 52.8 Å². The van der Waals surface area contributed by atoms with Crippen LogP contribution in [0.5, 0.6) is 0 Å². The quantitative estimate of drug-likeness (QED) is 0.644. The standard InChI is InChI=1S/C22H29N7/c1-26(2)21-13-22(24-16-23-21)29(18-6-7-18)19-8-11-27(12-9-19)14-17-15-28-10-4-3-5-20(28)25-17/h3-5,10,13,15-16,18-19H,6-9,11-12,14H2,1-2H3. The summed E-state index contributed by atoms with van der Waals surface area (Å²) in [4.78, 5) is 21.0. The maximum atomic E-state index is 4.76. The number of pyridine rings is 1. The van der Waals surface area contributed by atoms with Gasteiger partial charge in [0, 0.05) is 64.3 Å². The molecular weight excluding hydrogens is 362 g/mol. The number of fused-ring (bicyclic) bond motifs is 1. The molecule has 5 rings (SSSR count). The van der Waals surface area contributed by atoms with E-state index in [0.717, 1.165) is 42.6 Å². The molecule has 7 nitrogen and oxygen atoms in total. The van der Waals surface area contributed by atoms with Gasteiger partial charge < -0.3 is 14.2 Å². The third-order valence-corrected chi connectivity index (χ3v) is 6.05. The Labute approximate surface area is 172 Å². The van der Waals surface area contributed by atoms with Crippen LogP contribution in [0.4, 0.5) is 11.6 Å². The van der Waals surface area contributed by atoms with Crippen molar-refractivity contribution in [2.24, 2.45) is 0 Å². The lowest BCUT2D eigenvalue weighted by molar-refractivity contribution is 0.198. The molecular formula is C22H29N7. The van der Waals surface area contributed by atoms with Crippen LogP contribution in [-0.2, 0) is 6.54 Å². The molecule has 1 aliphatic heterocycles. The average Bonchev–Trinajstić information content (AvgIpc) is 3.48. The smallest absolute Gasteiger partial charge is 0.137 e. The number of piperidine rings is 1. The molecule has 2 fully saturated rings. The van der Waals surface area contributed by atoms with Gasteiger partial charge in [-0.3, -0.25) is 4.90 Å². The second-order valence-corrected chi connectivity index (χ2v) is 8.47. The van der Waals surface area contributed by atoms with Crippen LogP contribution in [0.3, 0.4) is 0 Å². The summed E-state index contributed by atoms with van der Waals surface area (Å²) in [5, 5.41) is 0. The van der Waals surface area contributed by atoms with Crippen molar-refractivity contribution in [3.8, 4) is 0 Å². The SMILES string of the molecule is CN(C)c1cc(N(C2CC2)C2CCN(Cc3cn4ccccc4n3)CC2)ncn1. The summed E-state index contributed by atoms with van der Waals surface area (Å²) in [6.07, 6.45) is 10.8. The molecule has 152 valence electrons. The lowest BCUT2D eigenvalue weighted by Gasteiger charge is -2.39. The van der Waals surface area contributed by atoms with Crippen molar-refractivity contribution >= 4 is 17.3 Å². The van der Waals surface area contributed by atoms with Crippen molar-refractivity contribution in [3.63, 3.8) is 0 Å². The Morgan fingerprint density at radius 3 is 2.48 bits per heavy atom. The van der Waals surface area contributed by atoms with Crippen LogP contribution in [0.15, 0.2) is 43.0 Å². The van der Waals surface area contributed by atoms with Gasteiger partial charge in [0.05, 0.1) is 5.69 Å². The predicted octanol–water partition coefficient (Wildman–Crippen LogP) is 2.82. The first kappa shape index (κ1) is 18.4. The first-order valence-corrected chi connectivity index (χ1v) is 10.6. The van der Waals surface area contributed by atoms with E-state index in [4.69, 9.17) is 4.98 Å². The van der Waals surface area contributed by atoms with Crippen LogP contribution in [-0.4, -0.2) is 63.5 Å².